The summed E-state index contributed by atoms with van der Waals surface area (Å²) in [7, 11) is 0. The molecule has 2 unspecified atom stereocenters. The van der Waals surface area contributed by atoms with Crippen molar-refractivity contribution in [1.82, 2.24) is 0 Å². The Morgan fingerprint density at radius 1 is 0.885 bits per heavy atom. The summed E-state index contributed by atoms with van der Waals surface area (Å²) in [4.78, 5) is 0. The van der Waals surface area contributed by atoms with Gasteiger partial charge in [0.2, 0.25) is 0 Å². The first-order chi connectivity index (χ1) is 12.8. The highest BCUT2D eigenvalue weighted by molar-refractivity contribution is 5.34. The van der Waals surface area contributed by atoms with E-state index in [2.05, 4.69) is 13.0 Å². The van der Waals surface area contributed by atoms with E-state index in [1.54, 1.807) is 0 Å². The first-order valence-corrected chi connectivity index (χ1v) is 11.0. The third-order valence-corrected chi connectivity index (χ3v) is 5.97. The van der Waals surface area contributed by atoms with Gasteiger partial charge in [0.25, 0.3) is 0 Å². The Morgan fingerprint density at radius 3 is 2.15 bits per heavy atom. The van der Waals surface area contributed by atoms with Crippen molar-refractivity contribution < 1.29 is 4.74 Å². The van der Waals surface area contributed by atoms with E-state index in [0.29, 0.717) is 5.56 Å². The van der Waals surface area contributed by atoms with Gasteiger partial charge in [-0.3, -0.25) is 0 Å². The molecule has 2 atom stereocenters. The molecule has 0 saturated heterocycles. The lowest BCUT2D eigenvalue weighted by Gasteiger charge is -2.31. The van der Waals surface area contributed by atoms with Crippen LogP contribution in [-0.2, 0) is 0 Å². The average molecular weight is 356 g/mol. The van der Waals surface area contributed by atoms with Crippen LogP contribution in [0.5, 0.6) is 5.75 Å². The molecule has 1 aromatic carbocycles. The van der Waals surface area contributed by atoms with Gasteiger partial charge >= 0.3 is 0 Å². The Kier molecular flexibility index (Phi) is 10.2. The van der Waals surface area contributed by atoms with Gasteiger partial charge in [0.15, 0.2) is 0 Å². The van der Waals surface area contributed by atoms with Crippen molar-refractivity contribution in [3.8, 4) is 11.8 Å². The Morgan fingerprint density at radius 2 is 1.50 bits per heavy atom. The number of ether oxygens (including phenoxy) is 1. The van der Waals surface area contributed by atoms with E-state index in [1.807, 2.05) is 24.3 Å². The molecule has 2 heteroatoms. The number of rotatable bonds is 12. The first-order valence-electron chi connectivity index (χ1n) is 11.0. The van der Waals surface area contributed by atoms with Gasteiger partial charge in [0.05, 0.1) is 18.2 Å². The molecule has 1 aliphatic rings. The maximum absolute atomic E-state index is 8.84. The molecule has 0 spiro atoms. The molecule has 0 radical (unpaired) electrons. The zero-order valence-electron chi connectivity index (χ0n) is 16.7. The minimum atomic E-state index is 0.692. The van der Waals surface area contributed by atoms with Crippen LogP contribution in [0.15, 0.2) is 24.3 Å². The maximum atomic E-state index is 8.84. The van der Waals surface area contributed by atoms with E-state index in [9.17, 15) is 0 Å². The van der Waals surface area contributed by atoms with Crippen molar-refractivity contribution in [3.63, 3.8) is 0 Å². The van der Waals surface area contributed by atoms with E-state index in [1.165, 1.54) is 77.0 Å². The van der Waals surface area contributed by atoms with Gasteiger partial charge in [0, 0.05) is 0 Å². The molecule has 26 heavy (non-hydrogen) atoms. The molecule has 0 N–H and O–H groups in total. The van der Waals surface area contributed by atoms with Gasteiger partial charge < -0.3 is 4.74 Å². The highest BCUT2D eigenvalue weighted by atomic mass is 16.5. The van der Waals surface area contributed by atoms with Crippen LogP contribution in [0, 0.1) is 23.2 Å². The van der Waals surface area contributed by atoms with Crippen molar-refractivity contribution in [1.29, 1.82) is 5.26 Å². The molecule has 0 amide bonds. The lowest BCUT2D eigenvalue weighted by molar-refractivity contribution is 0.190. The molecule has 0 heterocycles. The summed E-state index contributed by atoms with van der Waals surface area (Å²) in [6.45, 7) is 3.09. The lowest BCUT2D eigenvalue weighted by atomic mass is 9.74. The van der Waals surface area contributed by atoms with Gasteiger partial charge in [-0.05, 0) is 48.9 Å². The van der Waals surface area contributed by atoms with Crippen molar-refractivity contribution in [2.45, 2.75) is 90.4 Å². The Balaban J connectivity index is 1.61. The van der Waals surface area contributed by atoms with Gasteiger partial charge in [-0.2, -0.15) is 5.26 Å². The molecule has 0 aromatic heterocycles. The van der Waals surface area contributed by atoms with Crippen LogP contribution >= 0.6 is 0 Å². The molecule has 2 rings (SSSR count). The van der Waals surface area contributed by atoms with Crippen LogP contribution in [0.4, 0.5) is 0 Å². The van der Waals surface area contributed by atoms with Crippen LogP contribution in [0.1, 0.15) is 96.0 Å². The van der Waals surface area contributed by atoms with Crippen LogP contribution in [0.2, 0.25) is 0 Å². The second-order valence-electron chi connectivity index (χ2n) is 7.99. The number of hydrogen-bond donors (Lipinski definition) is 0. The number of unbranched alkanes of at least 4 members (excludes halogenated alkanes) is 5. The van der Waals surface area contributed by atoms with E-state index in [4.69, 9.17) is 10.00 Å². The minimum absolute atomic E-state index is 0.692. The zero-order valence-corrected chi connectivity index (χ0v) is 16.7. The summed E-state index contributed by atoms with van der Waals surface area (Å²) >= 11 is 0. The fraction of sp³-hybridized carbons (Fsp3) is 0.708. The molecule has 144 valence electrons. The standard InChI is InChI=1S/C24H37NO/c1-2-3-4-5-6-7-11-22-12-8-9-13-23(22)14-10-19-26-24-17-15-21(20-25)16-18-24/h15-18,22-23H,2-14,19H2,1H3. The number of nitriles is 1. The molecular formula is C24H37NO. The number of benzene rings is 1. The molecule has 0 bridgehead atoms. The van der Waals surface area contributed by atoms with Crippen molar-refractivity contribution in [3.05, 3.63) is 29.8 Å². The number of hydrogen-bond acceptors (Lipinski definition) is 2. The Labute approximate surface area is 161 Å². The fourth-order valence-corrected chi connectivity index (χ4v) is 4.39. The van der Waals surface area contributed by atoms with Crippen molar-refractivity contribution in [2.75, 3.05) is 6.61 Å². The summed E-state index contributed by atoms with van der Waals surface area (Å²) in [5.74, 6) is 2.77. The van der Waals surface area contributed by atoms with Crippen LogP contribution in [0.25, 0.3) is 0 Å². The first kappa shape index (κ1) is 20.8. The molecule has 2 nitrogen and oxygen atoms in total. The second kappa shape index (κ2) is 12.8. The quantitative estimate of drug-likeness (QED) is 0.369. The smallest absolute Gasteiger partial charge is 0.119 e. The summed E-state index contributed by atoms with van der Waals surface area (Å²) in [6.07, 6.45) is 18.2. The maximum Gasteiger partial charge on any atom is 0.119 e. The van der Waals surface area contributed by atoms with E-state index in [-0.39, 0.29) is 0 Å². The topological polar surface area (TPSA) is 33.0 Å². The fourth-order valence-electron chi connectivity index (χ4n) is 4.39. The summed E-state index contributed by atoms with van der Waals surface area (Å²) in [5.41, 5.74) is 0.692. The summed E-state index contributed by atoms with van der Waals surface area (Å²) in [5, 5.41) is 8.84. The van der Waals surface area contributed by atoms with E-state index < -0.39 is 0 Å². The monoisotopic (exact) mass is 355 g/mol. The normalized spacial score (nSPS) is 19.8. The van der Waals surface area contributed by atoms with Crippen molar-refractivity contribution in [2.24, 2.45) is 11.8 Å². The average Bonchev–Trinajstić information content (AvgIpc) is 2.69. The SMILES string of the molecule is CCCCCCCCC1CCCCC1CCCOc1ccc(C#N)cc1. The van der Waals surface area contributed by atoms with Crippen LogP contribution in [0.3, 0.4) is 0 Å². The van der Waals surface area contributed by atoms with Crippen LogP contribution < -0.4 is 4.74 Å². The molecular weight excluding hydrogens is 318 g/mol. The minimum Gasteiger partial charge on any atom is -0.494 e. The van der Waals surface area contributed by atoms with E-state index >= 15 is 0 Å². The van der Waals surface area contributed by atoms with Crippen LogP contribution in [-0.4, -0.2) is 6.61 Å². The van der Waals surface area contributed by atoms with Gasteiger partial charge in [-0.15, -0.1) is 0 Å². The second-order valence-corrected chi connectivity index (χ2v) is 7.99. The largest absolute Gasteiger partial charge is 0.494 e. The molecule has 1 aromatic rings. The van der Waals surface area contributed by atoms with Crippen molar-refractivity contribution >= 4 is 0 Å². The predicted octanol–water partition coefficient (Wildman–Crippen LogP) is 7.27. The Hall–Kier alpha value is -1.49. The molecule has 0 aliphatic heterocycles. The third kappa shape index (κ3) is 7.81. The van der Waals surface area contributed by atoms with Gasteiger partial charge in [-0.1, -0.05) is 77.6 Å². The number of nitrogens with zero attached hydrogens (tertiary/aromatic N) is 1. The molecule has 1 fully saturated rings. The molecule has 1 aliphatic carbocycles. The highest BCUT2D eigenvalue weighted by Crippen LogP contribution is 2.36. The summed E-state index contributed by atoms with van der Waals surface area (Å²) in [6, 6.07) is 9.60. The predicted molar refractivity (Wildman–Crippen MR) is 109 cm³/mol. The lowest BCUT2D eigenvalue weighted by Crippen LogP contribution is -2.20. The third-order valence-electron chi connectivity index (χ3n) is 5.97. The van der Waals surface area contributed by atoms with E-state index in [0.717, 1.165) is 30.6 Å². The molecule has 1 saturated carbocycles. The van der Waals surface area contributed by atoms with Gasteiger partial charge in [0.1, 0.15) is 5.75 Å². The van der Waals surface area contributed by atoms with Gasteiger partial charge in [-0.25, -0.2) is 0 Å². The zero-order chi connectivity index (χ0) is 18.5. The highest BCUT2D eigenvalue weighted by Gasteiger charge is 2.24. The Bertz CT molecular complexity index is 516. The summed E-state index contributed by atoms with van der Waals surface area (Å²) < 4.78 is 5.86.